The summed E-state index contributed by atoms with van der Waals surface area (Å²) in [7, 11) is 1.80. The second kappa shape index (κ2) is 8.92. The summed E-state index contributed by atoms with van der Waals surface area (Å²) >= 11 is 0. The van der Waals surface area contributed by atoms with Gasteiger partial charge in [0, 0.05) is 6.54 Å². The second-order valence-electron chi connectivity index (χ2n) is 4.30. The first-order chi connectivity index (χ1) is 9.69. The maximum Gasteiger partial charge on any atom is 0.105 e. The molecule has 0 aromatic heterocycles. The van der Waals surface area contributed by atoms with Crippen molar-refractivity contribution in [3.8, 4) is 11.8 Å². The summed E-state index contributed by atoms with van der Waals surface area (Å²) in [6.07, 6.45) is 2.67. The van der Waals surface area contributed by atoms with E-state index in [1.807, 2.05) is 30.3 Å². The Morgan fingerprint density at radius 1 is 1.40 bits per heavy atom. The first-order valence-electron chi connectivity index (χ1n) is 6.50. The molecule has 0 heterocycles. The molecule has 0 saturated heterocycles. The van der Waals surface area contributed by atoms with Crippen LogP contribution in [0.5, 0.6) is 0 Å². The van der Waals surface area contributed by atoms with Gasteiger partial charge in [-0.25, -0.2) is 0 Å². The van der Waals surface area contributed by atoms with Crippen LogP contribution in [0.4, 0.5) is 0 Å². The Morgan fingerprint density at radius 3 is 2.70 bits per heavy atom. The molecule has 4 nitrogen and oxygen atoms in total. The number of hydrogen-bond acceptors (Lipinski definition) is 4. The minimum absolute atomic E-state index is 0.231. The fourth-order valence-corrected chi connectivity index (χ4v) is 1.83. The maximum atomic E-state index is 10.2. The van der Waals surface area contributed by atoms with Crippen LogP contribution in [0.15, 0.2) is 42.6 Å². The third-order valence-electron chi connectivity index (χ3n) is 2.74. The normalized spacial score (nSPS) is 13.3. The third kappa shape index (κ3) is 5.27. The van der Waals surface area contributed by atoms with Gasteiger partial charge in [-0.1, -0.05) is 36.3 Å². The SMILES string of the molecule is CC#CC(=N)/C=C\NC(c1ccccc1)C(O)CNC. The average Bonchev–Trinajstić information content (AvgIpc) is 2.45. The molecular formula is C16H21N3O. The van der Waals surface area contributed by atoms with Crippen molar-refractivity contribution in [1.82, 2.24) is 10.6 Å². The van der Waals surface area contributed by atoms with Crippen LogP contribution in [0.1, 0.15) is 18.5 Å². The first-order valence-corrected chi connectivity index (χ1v) is 6.50. The lowest BCUT2D eigenvalue weighted by Gasteiger charge is -2.23. The van der Waals surface area contributed by atoms with Crippen LogP contribution >= 0.6 is 0 Å². The van der Waals surface area contributed by atoms with Gasteiger partial charge in [0.05, 0.1) is 12.1 Å². The molecule has 0 radical (unpaired) electrons. The molecule has 0 bridgehead atoms. The van der Waals surface area contributed by atoms with Gasteiger partial charge in [-0.2, -0.15) is 0 Å². The number of benzene rings is 1. The first kappa shape index (κ1) is 16.0. The Balaban J connectivity index is 2.78. The zero-order valence-corrected chi connectivity index (χ0v) is 11.9. The van der Waals surface area contributed by atoms with E-state index in [9.17, 15) is 5.11 Å². The van der Waals surface area contributed by atoms with Crippen molar-refractivity contribution in [3.63, 3.8) is 0 Å². The van der Waals surface area contributed by atoms with Crippen molar-refractivity contribution < 1.29 is 5.11 Å². The lowest BCUT2D eigenvalue weighted by Crippen LogP contribution is -2.35. The number of aliphatic hydroxyl groups excluding tert-OH is 1. The maximum absolute atomic E-state index is 10.2. The van der Waals surface area contributed by atoms with E-state index >= 15 is 0 Å². The fraction of sp³-hybridized carbons (Fsp3) is 0.312. The summed E-state index contributed by atoms with van der Waals surface area (Å²) in [5.41, 5.74) is 1.22. The Bertz CT molecular complexity index is 499. The third-order valence-corrected chi connectivity index (χ3v) is 2.74. The minimum Gasteiger partial charge on any atom is -0.389 e. The van der Waals surface area contributed by atoms with Crippen molar-refractivity contribution in [2.45, 2.75) is 19.1 Å². The molecule has 0 amide bonds. The molecule has 0 fully saturated rings. The van der Waals surface area contributed by atoms with Crippen LogP contribution < -0.4 is 10.6 Å². The molecule has 106 valence electrons. The monoisotopic (exact) mass is 271 g/mol. The van der Waals surface area contributed by atoms with Gasteiger partial charge in [0.25, 0.3) is 0 Å². The van der Waals surface area contributed by atoms with E-state index in [0.29, 0.717) is 6.54 Å². The van der Waals surface area contributed by atoms with Gasteiger partial charge >= 0.3 is 0 Å². The highest BCUT2D eigenvalue weighted by atomic mass is 16.3. The fourth-order valence-electron chi connectivity index (χ4n) is 1.83. The standard InChI is InChI=1S/C16H21N3O/c1-3-7-14(17)10-11-19-16(15(20)12-18-2)13-8-5-4-6-9-13/h4-6,8-11,15-20H,12H2,1-2H3/b11-10-,17-14?. The summed E-state index contributed by atoms with van der Waals surface area (Å²) in [5, 5.41) is 23.8. The molecule has 20 heavy (non-hydrogen) atoms. The molecule has 1 rings (SSSR count). The van der Waals surface area contributed by atoms with Gasteiger partial charge in [0.1, 0.15) is 5.71 Å². The van der Waals surface area contributed by atoms with Crippen molar-refractivity contribution in [3.05, 3.63) is 48.2 Å². The summed E-state index contributed by atoms with van der Waals surface area (Å²) in [6, 6.07) is 9.49. The summed E-state index contributed by atoms with van der Waals surface area (Å²) < 4.78 is 0. The van der Waals surface area contributed by atoms with Crippen LogP contribution in [0, 0.1) is 17.3 Å². The summed E-state index contributed by atoms with van der Waals surface area (Å²) in [5.74, 6) is 5.31. The van der Waals surface area contributed by atoms with E-state index in [4.69, 9.17) is 5.41 Å². The van der Waals surface area contributed by atoms with Gasteiger partial charge in [0.2, 0.25) is 0 Å². The molecule has 4 N–H and O–H groups in total. The molecule has 1 aromatic carbocycles. The molecular weight excluding hydrogens is 250 g/mol. The average molecular weight is 271 g/mol. The van der Waals surface area contributed by atoms with Gasteiger partial charge in [-0.3, -0.25) is 5.41 Å². The lowest BCUT2D eigenvalue weighted by molar-refractivity contribution is 0.134. The number of rotatable bonds is 7. The number of likely N-dealkylation sites (N-methyl/N-ethyl adjacent to an activating group) is 1. The Kier molecular flexibility index (Phi) is 7.12. The van der Waals surface area contributed by atoms with Crippen LogP contribution in [0.25, 0.3) is 0 Å². The number of aliphatic hydroxyl groups is 1. The Labute approximate surface area is 120 Å². The zero-order valence-electron chi connectivity index (χ0n) is 11.9. The number of allylic oxidation sites excluding steroid dienone is 1. The Hall–Kier alpha value is -2.09. The lowest BCUT2D eigenvalue weighted by atomic mass is 10.0. The topological polar surface area (TPSA) is 68.1 Å². The predicted octanol–water partition coefficient (Wildman–Crippen LogP) is 1.45. The largest absolute Gasteiger partial charge is 0.389 e. The smallest absolute Gasteiger partial charge is 0.105 e. The van der Waals surface area contributed by atoms with E-state index in [0.717, 1.165) is 5.56 Å². The molecule has 2 atom stereocenters. The highest BCUT2D eigenvalue weighted by Crippen LogP contribution is 2.16. The molecule has 0 aliphatic heterocycles. The predicted molar refractivity (Wildman–Crippen MR) is 82.6 cm³/mol. The van der Waals surface area contributed by atoms with E-state index < -0.39 is 6.10 Å². The quantitative estimate of drug-likeness (QED) is 0.448. The van der Waals surface area contributed by atoms with Crippen molar-refractivity contribution >= 4 is 5.71 Å². The van der Waals surface area contributed by atoms with Gasteiger partial charge < -0.3 is 15.7 Å². The molecule has 0 aliphatic rings. The molecule has 1 aromatic rings. The van der Waals surface area contributed by atoms with Crippen LogP contribution in [0.2, 0.25) is 0 Å². The number of nitrogens with one attached hydrogen (secondary N) is 3. The molecule has 2 unspecified atom stereocenters. The molecule has 0 spiro atoms. The van der Waals surface area contributed by atoms with Gasteiger partial charge in [-0.15, -0.1) is 0 Å². The van der Waals surface area contributed by atoms with E-state index in [2.05, 4.69) is 22.5 Å². The zero-order chi connectivity index (χ0) is 14.8. The van der Waals surface area contributed by atoms with Crippen molar-refractivity contribution in [2.75, 3.05) is 13.6 Å². The van der Waals surface area contributed by atoms with E-state index in [1.54, 1.807) is 26.2 Å². The van der Waals surface area contributed by atoms with E-state index in [-0.39, 0.29) is 11.8 Å². The van der Waals surface area contributed by atoms with E-state index in [1.165, 1.54) is 0 Å². The molecule has 4 heteroatoms. The van der Waals surface area contributed by atoms with Crippen LogP contribution in [-0.4, -0.2) is 30.5 Å². The molecule has 0 aliphatic carbocycles. The minimum atomic E-state index is -0.571. The summed E-state index contributed by atoms with van der Waals surface area (Å²) in [4.78, 5) is 0. The highest BCUT2D eigenvalue weighted by molar-refractivity contribution is 6.06. The molecule has 0 saturated carbocycles. The highest BCUT2D eigenvalue weighted by Gasteiger charge is 2.18. The van der Waals surface area contributed by atoms with Crippen molar-refractivity contribution in [1.29, 1.82) is 5.41 Å². The van der Waals surface area contributed by atoms with Gasteiger partial charge in [0.15, 0.2) is 0 Å². The second-order valence-corrected chi connectivity index (χ2v) is 4.30. The van der Waals surface area contributed by atoms with Crippen LogP contribution in [-0.2, 0) is 0 Å². The summed E-state index contributed by atoms with van der Waals surface area (Å²) in [6.45, 7) is 2.17. The van der Waals surface area contributed by atoms with Gasteiger partial charge in [-0.05, 0) is 37.7 Å². The van der Waals surface area contributed by atoms with Crippen molar-refractivity contribution in [2.24, 2.45) is 0 Å². The Morgan fingerprint density at radius 2 is 2.10 bits per heavy atom. The number of hydrogen-bond donors (Lipinski definition) is 4. The van der Waals surface area contributed by atoms with Crippen LogP contribution in [0.3, 0.4) is 0 Å².